The number of nitrogens with zero attached hydrogens (tertiary/aromatic N) is 4. The highest BCUT2D eigenvalue weighted by Gasteiger charge is 2.36. The minimum Gasteiger partial charge on any atom is -0.370 e. The summed E-state index contributed by atoms with van der Waals surface area (Å²) in [7, 11) is 1.92. The average molecular weight is 321 g/mol. The average Bonchev–Trinajstić information content (AvgIpc) is 2.87. The van der Waals surface area contributed by atoms with Crippen LogP contribution in [0.1, 0.15) is 31.2 Å². The van der Waals surface area contributed by atoms with Crippen molar-refractivity contribution in [3.05, 3.63) is 46.7 Å². The predicted molar refractivity (Wildman–Crippen MR) is 85.6 cm³/mol. The molecule has 5 nitrogen and oxygen atoms in total. The zero-order valence-corrected chi connectivity index (χ0v) is 13.9. The van der Waals surface area contributed by atoms with E-state index >= 15 is 0 Å². The molecule has 0 spiro atoms. The van der Waals surface area contributed by atoms with Gasteiger partial charge in [-0.3, -0.25) is 9.58 Å². The van der Waals surface area contributed by atoms with E-state index in [1.54, 1.807) is 0 Å². The molecule has 1 saturated heterocycles. The van der Waals surface area contributed by atoms with E-state index in [2.05, 4.69) is 29.1 Å². The number of aromatic nitrogens is 3. The largest absolute Gasteiger partial charge is 0.370 e. The van der Waals surface area contributed by atoms with Crippen LogP contribution in [0, 0.1) is 0 Å². The van der Waals surface area contributed by atoms with Gasteiger partial charge >= 0.3 is 0 Å². The first-order chi connectivity index (χ1) is 10.5. The van der Waals surface area contributed by atoms with E-state index in [9.17, 15) is 0 Å². The minimum absolute atomic E-state index is 0.0112. The second-order valence-electron chi connectivity index (χ2n) is 6.36. The normalized spacial score (nSPS) is 21.9. The Labute approximate surface area is 135 Å². The Kier molecular flexibility index (Phi) is 4.21. The van der Waals surface area contributed by atoms with Crippen LogP contribution in [0.25, 0.3) is 0 Å². The highest BCUT2D eigenvalue weighted by atomic mass is 35.5. The number of aryl methyl sites for hydroxylation is 1. The van der Waals surface area contributed by atoms with Crippen molar-refractivity contribution < 1.29 is 4.74 Å². The SMILES string of the molecule is Cn1nncc1CN1CC(c2ccccc2Cl)OCC1(C)C. The van der Waals surface area contributed by atoms with Crippen molar-refractivity contribution in [1.29, 1.82) is 0 Å². The molecule has 1 aliphatic rings. The molecule has 6 heteroatoms. The molecule has 1 aromatic heterocycles. The molecular weight excluding hydrogens is 300 g/mol. The lowest BCUT2D eigenvalue weighted by Crippen LogP contribution is -2.53. The summed E-state index contributed by atoms with van der Waals surface area (Å²) >= 11 is 6.32. The fraction of sp³-hybridized carbons (Fsp3) is 0.500. The first-order valence-electron chi connectivity index (χ1n) is 7.42. The van der Waals surface area contributed by atoms with Crippen LogP contribution in [0.2, 0.25) is 5.02 Å². The summed E-state index contributed by atoms with van der Waals surface area (Å²) < 4.78 is 7.89. The fourth-order valence-electron chi connectivity index (χ4n) is 2.75. The minimum atomic E-state index is -0.0397. The van der Waals surface area contributed by atoms with Crippen LogP contribution in [-0.2, 0) is 18.3 Å². The lowest BCUT2D eigenvalue weighted by molar-refractivity contribution is -0.105. The topological polar surface area (TPSA) is 43.2 Å². The van der Waals surface area contributed by atoms with Gasteiger partial charge in [0.15, 0.2) is 0 Å². The molecule has 22 heavy (non-hydrogen) atoms. The van der Waals surface area contributed by atoms with E-state index in [1.807, 2.05) is 42.2 Å². The molecule has 0 radical (unpaired) electrons. The summed E-state index contributed by atoms with van der Waals surface area (Å²) in [4.78, 5) is 2.41. The summed E-state index contributed by atoms with van der Waals surface area (Å²) in [5, 5.41) is 8.73. The molecule has 0 aliphatic carbocycles. The smallest absolute Gasteiger partial charge is 0.0967 e. The van der Waals surface area contributed by atoms with E-state index in [-0.39, 0.29) is 11.6 Å². The predicted octanol–water partition coefficient (Wildman–Crippen LogP) is 2.82. The van der Waals surface area contributed by atoms with Gasteiger partial charge in [0.05, 0.1) is 24.6 Å². The van der Waals surface area contributed by atoms with Gasteiger partial charge in [-0.15, -0.1) is 5.10 Å². The van der Waals surface area contributed by atoms with Crippen LogP contribution >= 0.6 is 11.6 Å². The summed E-state index contributed by atoms with van der Waals surface area (Å²) in [6.07, 6.45) is 1.80. The molecule has 0 bridgehead atoms. The Morgan fingerprint density at radius 3 is 2.82 bits per heavy atom. The molecule has 3 rings (SSSR count). The molecule has 0 amide bonds. The zero-order valence-electron chi connectivity index (χ0n) is 13.2. The van der Waals surface area contributed by atoms with Gasteiger partial charge in [-0.05, 0) is 19.9 Å². The number of benzene rings is 1. The van der Waals surface area contributed by atoms with Crippen molar-refractivity contribution in [2.24, 2.45) is 7.05 Å². The van der Waals surface area contributed by atoms with Crippen LogP contribution in [0.15, 0.2) is 30.5 Å². The highest BCUT2D eigenvalue weighted by molar-refractivity contribution is 6.31. The second-order valence-corrected chi connectivity index (χ2v) is 6.77. The lowest BCUT2D eigenvalue weighted by Gasteiger charge is -2.45. The van der Waals surface area contributed by atoms with Gasteiger partial charge in [0.1, 0.15) is 0 Å². The first kappa shape index (κ1) is 15.5. The van der Waals surface area contributed by atoms with Gasteiger partial charge in [0, 0.05) is 36.3 Å². The van der Waals surface area contributed by atoms with Crippen molar-refractivity contribution in [3.8, 4) is 0 Å². The van der Waals surface area contributed by atoms with Gasteiger partial charge in [-0.25, -0.2) is 0 Å². The number of hydrogen-bond acceptors (Lipinski definition) is 4. The number of ether oxygens (including phenoxy) is 1. The molecule has 2 heterocycles. The summed E-state index contributed by atoms with van der Waals surface area (Å²) in [6, 6.07) is 7.89. The monoisotopic (exact) mass is 320 g/mol. The van der Waals surface area contributed by atoms with E-state index < -0.39 is 0 Å². The number of morpholine rings is 1. The molecule has 0 N–H and O–H groups in total. The van der Waals surface area contributed by atoms with Gasteiger partial charge in [0.2, 0.25) is 0 Å². The van der Waals surface area contributed by atoms with E-state index in [0.717, 1.165) is 29.4 Å². The maximum absolute atomic E-state index is 6.32. The van der Waals surface area contributed by atoms with Crippen molar-refractivity contribution in [2.45, 2.75) is 32.0 Å². The third kappa shape index (κ3) is 3.02. The lowest BCUT2D eigenvalue weighted by atomic mass is 9.98. The third-order valence-corrected chi connectivity index (χ3v) is 4.64. The first-order valence-corrected chi connectivity index (χ1v) is 7.80. The van der Waals surface area contributed by atoms with Gasteiger partial charge in [-0.1, -0.05) is 35.0 Å². The fourth-order valence-corrected chi connectivity index (χ4v) is 3.01. The van der Waals surface area contributed by atoms with Gasteiger partial charge in [-0.2, -0.15) is 0 Å². The zero-order chi connectivity index (χ0) is 15.7. The molecule has 2 aromatic rings. The standard InChI is InChI=1S/C16H21ClN4O/c1-16(2)11-22-15(13-6-4-5-7-14(13)17)10-21(16)9-12-8-18-19-20(12)3/h4-8,15H,9-11H2,1-3H3. The number of halogens is 1. The molecule has 1 fully saturated rings. The molecule has 0 saturated carbocycles. The van der Waals surface area contributed by atoms with Crippen LogP contribution in [0.4, 0.5) is 0 Å². The highest BCUT2D eigenvalue weighted by Crippen LogP contribution is 2.34. The maximum atomic E-state index is 6.32. The Balaban J connectivity index is 1.81. The Morgan fingerprint density at radius 2 is 2.14 bits per heavy atom. The second kappa shape index (κ2) is 5.99. The summed E-state index contributed by atoms with van der Waals surface area (Å²) in [5.41, 5.74) is 2.10. The Bertz CT molecular complexity index is 655. The van der Waals surface area contributed by atoms with Gasteiger partial charge in [0.25, 0.3) is 0 Å². The molecule has 1 atom stereocenters. The van der Waals surface area contributed by atoms with Crippen LogP contribution < -0.4 is 0 Å². The van der Waals surface area contributed by atoms with Gasteiger partial charge < -0.3 is 4.74 Å². The van der Waals surface area contributed by atoms with Crippen LogP contribution in [0.5, 0.6) is 0 Å². The summed E-state index contributed by atoms with van der Waals surface area (Å²) in [6.45, 7) is 6.64. The van der Waals surface area contributed by atoms with E-state index in [4.69, 9.17) is 16.3 Å². The summed E-state index contributed by atoms with van der Waals surface area (Å²) in [5.74, 6) is 0. The molecule has 118 valence electrons. The van der Waals surface area contributed by atoms with Crippen LogP contribution in [0.3, 0.4) is 0 Å². The molecule has 1 aliphatic heterocycles. The van der Waals surface area contributed by atoms with E-state index in [1.165, 1.54) is 0 Å². The third-order valence-electron chi connectivity index (χ3n) is 4.29. The van der Waals surface area contributed by atoms with E-state index in [0.29, 0.717) is 6.61 Å². The van der Waals surface area contributed by atoms with Crippen molar-refractivity contribution in [3.63, 3.8) is 0 Å². The number of rotatable bonds is 3. The molecular formula is C16H21ClN4O. The maximum Gasteiger partial charge on any atom is 0.0967 e. The Hall–Kier alpha value is -1.43. The quantitative estimate of drug-likeness (QED) is 0.872. The molecule has 1 unspecified atom stereocenters. The van der Waals surface area contributed by atoms with Crippen molar-refractivity contribution in [2.75, 3.05) is 13.2 Å². The van der Waals surface area contributed by atoms with Crippen LogP contribution in [-0.4, -0.2) is 38.6 Å². The number of hydrogen-bond donors (Lipinski definition) is 0. The Morgan fingerprint density at radius 1 is 1.36 bits per heavy atom. The van der Waals surface area contributed by atoms with Crippen molar-refractivity contribution >= 4 is 11.6 Å². The van der Waals surface area contributed by atoms with Crippen molar-refractivity contribution in [1.82, 2.24) is 19.9 Å². The molecule has 1 aromatic carbocycles.